The third-order valence-electron chi connectivity index (χ3n) is 2.35. The largest absolute Gasteiger partial charge is 0.493 e. The molecule has 0 saturated carbocycles. The molecule has 0 aromatic heterocycles. The van der Waals surface area contributed by atoms with Crippen LogP contribution in [-0.4, -0.2) is 26.3 Å². The van der Waals surface area contributed by atoms with Gasteiger partial charge in [-0.3, -0.25) is 0 Å². The Morgan fingerprint density at radius 3 is 2.68 bits per heavy atom. The van der Waals surface area contributed by atoms with Crippen molar-refractivity contribution in [3.63, 3.8) is 0 Å². The van der Waals surface area contributed by atoms with Gasteiger partial charge in [-0.05, 0) is 37.1 Å². The molecule has 4 nitrogen and oxygen atoms in total. The van der Waals surface area contributed by atoms with Gasteiger partial charge >= 0.3 is 5.97 Å². The summed E-state index contributed by atoms with van der Waals surface area (Å²) in [4.78, 5) is 11.2. The van der Waals surface area contributed by atoms with E-state index in [4.69, 9.17) is 14.2 Å². The van der Waals surface area contributed by atoms with Crippen LogP contribution < -0.4 is 9.47 Å². The molecule has 0 bridgehead atoms. The van der Waals surface area contributed by atoms with Crippen LogP contribution in [-0.2, 0) is 9.53 Å². The van der Waals surface area contributed by atoms with Gasteiger partial charge < -0.3 is 14.2 Å². The van der Waals surface area contributed by atoms with Crippen LogP contribution in [0.2, 0.25) is 0 Å². The Morgan fingerprint density at radius 2 is 2.05 bits per heavy atom. The summed E-state index contributed by atoms with van der Waals surface area (Å²) in [5, 5.41) is 0. The predicted octanol–water partition coefficient (Wildman–Crippen LogP) is 3.06. The van der Waals surface area contributed by atoms with Crippen molar-refractivity contribution in [3.05, 3.63) is 29.8 Å². The fraction of sp³-hybridized carbons (Fsp3) is 0.400. The van der Waals surface area contributed by atoms with Crippen LogP contribution in [0.3, 0.4) is 0 Å². The molecule has 0 aliphatic carbocycles. The Balaban J connectivity index is 2.78. The molecule has 1 rings (SSSR count). The number of hydrogen-bond acceptors (Lipinski definition) is 4. The predicted molar refractivity (Wildman–Crippen MR) is 74.4 cm³/mol. The molecule has 4 heteroatoms. The minimum absolute atomic E-state index is 0.354. The third kappa shape index (κ3) is 5.04. The zero-order valence-electron chi connectivity index (χ0n) is 11.6. The molecule has 0 aliphatic rings. The maximum atomic E-state index is 11.2. The summed E-state index contributed by atoms with van der Waals surface area (Å²) in [7, 11) is 1.59. The Hall–Kier alpha value is -1.97. The first-order valence-corrected chi connectivity index (χ1v) is 6.37. The average Bonchev–Trinajstić information content (AvgIpc) is 2.43. The Labute approximate surface area is 114 Å². The van der Waals surface area contributed by atoms with Crippen molar-refractivity contribution in [1.29, 1.82) is 0 Å². The molecule has 19 heavy (non-hydrogen) atoms. The molecule has 0 heterocycles. The van der Waals surface area contributed by atoms with E-state index in [2.05, 4.69) is 0 Å². The normalized spacial score (nSPS) is 10.5. The van der Waals surface area contributed by atoms with Crippen molar-refractivity contribution in [2.24, 2.45) is 0 Å². The minimum atomic E-state index is -0.354. The fourth-order valence-corrected chi connectivity index (χ4v) is 1.47. The molecule has 104 valence electrons. The van der Waals surface area contributed by atoms with Crippen LogP contribution in [0.4, 0.5) is 0 Å². The molecule has 0 atom stereocenters. The number of esters is 1. The monoisotopic (exact) mass is 264 g/mol. The Morgan fingerprint density at radius 1 is 1.26 bits per heavy atom. The Bertz CT molecular complexity index is 438. The van der Waals surface area contributed by atoms with E-state index in [9.17, 15) is 4.79 Å². The fourth-order valence-electron chi connectivity index (χ4n) is 1.47. The number of carbonyl (C=O) groups excluding carboxylic acids is 1. The molecule has 0 N–H and O–H groups in total. The van der Waals surface area contributed by atoms with Gasteiger partial charge in [-0.15, -0.1) is 0 Å². The van der Waals surface area contributed by atoms with E-state index in [0.717, 1.165) is 12.0 Å². The molecule has 0 spiro atoms. The smallest absolute Gasteiger partial charge is 0.330 e. The number of ether oxygens (including phenoxy) is 3. The van der Waals surface area contributed by atoms with E-state index in [1.807, 2.05) is 25.1 Å². The van der Waals surface area contributed by atoms with E-state index in [0.29, 0.717) is 24.7 Å². The van der Waals surface area contributed by atoms with E-state index in [1.165, 1.54) is 6.08 Å². The number of hydrogen-bond donors (Lipinski definition) is 0. The molecule has 0 aliphatic heterocycles. The van der Waals surface area contributed by atoms with Gasteiger partial charge in [0.1, 0.15) is 0 Å². The molecule has 0 unspecified atom stereocenters. The van der Waals surface area contributed by atoms with Crippen molar-refractivity contribution in [1.82, 2.24) is 0 Å². The highest BCUT2D eigenvalue weighted by atomic mass is 16.5. The van der Waals surface area contributed by atoms with Gasteiger partial charge in [0.25, 0.3) is 0 Å². The quantitative estimate of drug-likeness (QED) is 0.561. The van der Waals surface area contributed by atoms with Gasteiger partial charge in [-0.2, -0.15) is 0 Å². The molecule has 0 saturated heterocycles. The van der Waals surface area contributed by atoms with Gasteiger partial charge in [-0.1, -0.05) is 13.0 Å². The highest BCUT2D eigenvalue weighted by Crippen LogP contribution is 2.28. The van der Waals surface area contributed by atoms with Crippen molar-refractivity contribution in [2.75, 3.05) is 20.3 Å². The SMILES string of the molecule is CCCOc1ccc(/C=C/C(=O)OCC)cc1OC. The van der Waals surface area contributed by atoms with E-state index < -0.39 is 0 Å². The summed E-state index contributed by atoms with van der Waals surface area (Å²) in [6, 6.07) is 5.52. The zero-order chi connectivity index (χ0) is 14.1. The van der Waals surface area contributed by atoms with Crippen molar-refractivity contribution >= 4 is 12.0 Å². The lowest BCUT2D eigenvalue weighted by Gasteiger charge is -2.10. The molecule has 1 aromatic carbocycles. The number of rotatable bonds is 7. The molecule has 0 amide bonds. The molecule has 0 fully saturated rings. The molecule has 0 radical (unpaired) electrons. The first kappa shape index (κ1) is 15.1. The summed E-state index contributed by atoms with van der Waals surface area (Å²) >= 11 is 0. The second-order valence-corrected chi connectivity index (χ2v) is 3.84. The second-order valence-electron chi connectivity index (χ2n) is 3.84. The highest BCUT2D eigenvalue weighted by molar-refractivity contribution is 5.87. The first-order chi connectivity index (χ1) is 9.21. The first-order valence-electron chi connectivity index (χ1n) is 6.37. The zero-order valence-corrected chi connectivity index (χ0v) is 11.6. The second kappa shape index (κ2) is 8.19. The van der Waals surface area contributed by atoms with Crippen LogP contribution >= 0.6 is 0 Å². The molecule has 1 aromatic rings. The third-order valence-corrected chi connectivity index (χ3v) is 2.35. The van der Waals surface area contributed by atoms with Gasteiger partial charge in [0.15, 0.2) is 11.5 Å². The minimum Gasteiger partial charge on any atom is -0.493 e. The van der Waals surface area contributed by atoms with Gasteiger partial charge in [0, 0.05) is 6.08 Å². The van der Waals surface area contributed by atoms with Gasteiger partial charge in [0.05, 0.1) is 20.3 Å². The van der Waals surface area contributed by atoms with Gasteiger partial charge in [-0.25, -0.2) is 4.79 Å². The highest BCUT2D eigenvalue weighted by Gasteiger charge is 2.04. The summed E-state index contributed by atoms with van der Waals surface area (Å²) in [6.07, 6.45) is 4.02. The average molecular weight is 264 g/mol. The van der Waals surface area contributed by atoms with Crippen molar-refractivity contribution in [2.45, 2.75) is 20.3 Å². The Kier molecular flexibility index (Phi) is 6.50. The van der Waals surface area contributed by atoms with Crippen LogP contribution in [0.25, 0.3) is 6.08 Å². The van der Waals surface area contributed by atoms with Gasteiger partial charge in [0.2, 0.25) is 0 Å². The summed E-state index contributed by atoms with van der Waals surface area (Å²) in [5.74, 6) is 1.00. The molecular weight excluding hydrogens is 244 g/mol. The van der Waals surface area contributed by atoms with Crippen LogP contribution in [0.15, 0.2) is 24.3 Å². The maximum absolute atomic E-state index is 11.2. The summed E-state index contributed by atoms with van der Waals surface area (Å²) < 4.78 is 15.6. The number of carbonyl (C=O) groups is 1. The molecular formula is C15H20O4. The lowest BCUT2D eigenvalue weighted by Crippen LogP contribution is -1.99. The van der Waals surface area contributed by atoms with E-state index in [1.54, 1.807) is 20.1 Å². The van der Waals surface area contributed by atoms with Crippen LogP contribution in [0.1, 0.15) is 25.8 Å². The van der Waals surface area contributed by atoms with E-state index >= 15 is 0 Å². The maximum Gasteiger partial charge on any atom is 0.330 e. The topological polar surface area (TPSA) is 44.8 Å². The van der Waals surface area contributed by atoms with Crippen LogP contribution in [0.5, 0.6) is 11.5 Å². The van der Waals surface area contributed by atoms with Crippen LogP contribution in [0, 0.1) is 0 Å². The summed E-state index contributed by atoms with van der Waals surface area (Å²) in [6.45, 7) is 4.84. The number of methoxy groups -OCH3 is 1. The van der Waals surface area contributed by atoms with Crippen molar-refractivity contribution in [3.8, 4) is 11.5 Å². The van der Waals surface area contributed by atoms with E-state index in [-0.39, 0.29) is 5.97 Å². The summed E-state index contributed by atoms with van der Waals surface area (Å²) in [5.41, 5.74) is 0.855. The lowest BCUT2D eigenvalue weighted by atomic mass is 10.2. The standard InChI is InChI=1S/C15H20O4/c1-4-10-19-13-8-6-12(11-14(13)17-3)7-9-15(16)18-5-2/h6-9,11H,4-5,10H2,1-3H3/b9-7+. The van der Waals surface area contributed by atoms with Crippen molar-refractivity contribution < 1.29 is 19.0 Å². The lowest BCUT2D eigenvalue weighted by molar-refractivity contribution is -0.137. The number of benzene rings is 1.